The van der Waals surface area contributed by atoms with Crippen LogP contribution in [0.2, 0.25) is 0 Å². The lowest BCUT2D eigenvalue weighted by atomic mass is 10.1. The summed E-state index contributed by atoms with van der Waals surface area (Å²) < 4.78 is 2.22. The monoisotopic (exact) mass is 273 g/mol. The van der Waals surface area contributed by atoms with Crippen LogP contribution in [0.1, 0.15) is 44.6 Å². The first kappa shape index (κ1) is 14.6. The second-order valence-corrected chi connectivity index (χ2v) is 5.47. The summed E-state index contributed by atoms with van der Waals surface area (Å²) in [5.41, 5.74) is 3.12. The van der Waals surface area contributed by atoms with Gasteiger partial charge in [0.25, 0.3) is 0 Å². The molecule has 1 heterocycles. The molecule has 0 saturated carbocycles. The predicted octanol–water partition coefficient (Wildman–Crippen LogP) is 2.99. The van der Waals surface area contributed by atoms with Crippen molar-refractivity contribution in [1.82, 2.24) is 14.9 Å². The summed E-state index contributed by atoms with van der Waals surface area (Å²) >= 11 is 0. The molecule has 20 heavy (non-hydrogen) atoms. The number of imidazole rings is 1. The van der Waals surface area contributed by atoms with Gasteiger partial charge in [0.15, 0.2) is 0 Å². The van der Waals surface area contributed by atoms with E-state index in [1.807, 2.05) is 26.0 Å². The van der Waals surface area contributed by atoms with Crippen molar-refractivity contribution < 1.29 is 4.79 Å². The van der Waals surface area contributed by atoms with E-state index in [0.717, 1.165) is 35.4 Å². The van der Waals surface area contributed by atoms with Crippen LogP contribution in [-0.4, -0.2) is 22.0 Å². The molecule has 2 rings (SSSR count). The molecule has 0 atom stereocenters. The minimum atomic E-state index is 0.0752. The van der Waals surface area contributed by atoms with Gasteiger partial charge in [-0.05, 0) is 44.9 Å². The van der Waals surface area contributed by atoms with Crippen LogP contribution in [0.15, 0.2) is 18.2 Å². The second-order valence-electron chi connectivity index (χ2n) is 5.47. The number of carbonyl (C=O) groups is 1. The molecule has 0 fully saturated rings. The van der Waals surface area contributed by atoms with Gasteiger partial charge in [-0.1, -0.05) is 13.0 Å². The molecule has 0 radical (unpaired) electrons. The highest BCUT2D eigenvalue weighted by molar-refractivity contribution is 5.82. The molecule has 0 unspecified atom stereocenters. The van der Waals surface area contributed by atoms with Crippen molar-refractivity contribution in [1.29, 1.82) is 0 Å². The minimum Gasteiger partial charge on any atom is -0.356 e. The van der Waals surface area contributed by atoms with Gasteiger partial charge in [-0.3, -0.25) is 4.79 Å². The van der Waals surface area contributed by atoms with Gasteiger partial charge in [-0.15, -0.1) is 0 Å². The summed E-state index contributed by atoms with van der Waals surface area (Å²) in [5, 5.41) is 2.90. The average Bonchev–Trinajstić information content (AvgIpc) is 2.71. The number of nitrogens with one attached hydrogen (secondary N) is 1. The Kier molecular flexibility index (Phi) is 4.42. The van der Waals surface area contributed by atoms with Crippen LogP contribution < -0.4 is 5.32 Å². The molecule has 1 amide bonds. The van der Waals surface area contributed by atoms with E-state index in [1.54, 1.807) is 0 Å². The van der Waals surface area contributed by atoms with Gasteiger partial charge in [0.2, 0.25) is 5.91 Å². The van der Waals surface area contributed by atoms with Crippen LogP contribution in [0.4, 0.5) is 0 Å². The SMILES string of the molecule is CCCNC(=O)Cc1ccc2c(c1)nc(C)n2C(C)C. The van der Waals surface area contributed by atoms with Crippen LogP contribution in [0, 0.1) is 6.92 Å². The lowest BCUT2D eigenvalue weighted by molar-refractivity contribution is -0.120. The predicted molar refractivity (Wildman–Crippen MR) is 81.9 cm³/mol. The van der Waals surface area contributed by atoms with Crippen molar-refractivity contribution in [3.05, 3.63) is 29.6 Å². The fourth-order valence-corrected chi connectivity index (χ4v) is 2.54. The zero-order valence-corrected chi connectivity index (χ0v) is 12.7. The highest BCUT2D eigenvalue weighted by Gasteiger charge is 2.11. The molecule has 1 N–H and O–H groups in total. The summed E-state index contributed by atoms with van der Waals surface area (Å²) in [5.74, 6) is 1.09. The number of aryl methyl sites for hydroxylation is 1. The Morgan fingerprint density at radius 2 is 2.15 bits per heavy atom. The normalized spacial score (nSPS) is 11.2. The largest absolute Gasteiger partial charge is 0.356 e. The maximum Gasteiger partial charge on any atom is 0.224 e. The molecule has 4 nitrogen and oxygen atoms in total. The zero-order valence-electron chi connectivity index (χ0n) is 12.7. The number of carbonyl (C=O) groups excluding carboxylic acids is 1. The lowest BCUT2D eigenvalue weighted by Gasteiger charge is -2.10. The van der Waals surface area contributed by atoms with Gasteiger partial charge >= 0.3 is 0 Å². The molecule has 0 bridgehead atoms. The summed E-state index contributed by atoms with van der Waals surface area (Å²) in [7, 11) is 0. The molecule has 1 aromatic carbocycles. The van der Waals surface area contributed by atoms with Crippen molar-refractivity contribution in [2.45, 2.75) is 46.6 Å². The quantitative estimate of drug-likeness (QED) is 0.910. The summed E-state index contributed by atoms with van der Waals surface area (Å²) in [4.78, 5) is 16.3. The number of amides is 1. The van der Waals surface area contributed by atoms with E-state index in [1.165, 1.54) is 0 Å². The fraction of sp³-hybridized carbons (Fsp3) is 0.500. The molecule has 108 valence electrons. The van der Waals surface area contributed by atoms with Crippen LogP contribution in [0.3, 0.4) is 0 Å². The Balaban J connectivity index is 2.24. The molecule has 2 aromatic rings. The second kappa shape index (κ2) is 6.07. The fourth-order valence-electron chi connectivity index (χ4n) is 2.54. The molecule has 1 aromatic heterocycles. The Hall–Kier alpha value is -1.84. The average molecular weight is 273 g/mol. The van der Waals surface area contributed by atoms with E-state index in [9.17, 15) is 4.79 Å². The molecule has 0 aliphatic carbocycles. The van der Waals surface area contributed by atoms with Crippen LogP contribution >= 0.6 is 0 Å². The Morgan fingerprint density at radius 1 is 1.40 bits per heavy atom. The highest BCUT2D eigenvalue weighted by atomic mass is 16.1. The third-order valence-corrected chi connectivity index (χ3v) is 3.38. The maximum absolute atomic E-state index is 11.8. The van der Waals surface area contributed by atoms with E-state index in [2.05, 4.69) is 34.8 Å². The standard InChI is InChI=1S/C16H23N3O/c1-5-8-17-16(20)10-13-6-7-15-14(9-13)18-12(4)19(15)11(2)3/h6-7,9,11H,5,8,10H2,1-4H3,(H,17,20). The lowest BCUT2D eigenvalue weighted by Crippen LogP contribution is -2.25. The summed E-state index contributed by atoms with van der Waals surface area (Å²) in [6, 6.07) is 6.50. The Labute approximate surface area is 120 Å². The number of aromatic nitrogens is 2. The first-order valence-corrected chi connectivity index (χ1v) is 7.27. The molecule has 0 aliphatic rings. The summed E-state index contributed by atoms with van der Waals surface area (Å²) in [6.45, 7) is 9.11. The Morgan fingerprint density at radius 3 is 2.80 bits per heavy atom. The van der Waals surface area contributed by atoms with Crippen molar-refractivity contribution in [3.8, 4) is 0 Å². The van der Waals surface area contributed by atoms with E-state index >= 15 is 0 Å². The Bertz CT molecular complexity index is 613. The number of rotatable bonds is 5. The molecule has 4 heteroatoms. The first-order valence-electron chi connectivity index (χ1n) is 7.27. The number of fused-ring (bicyclic) bond motifs is 1. The van der Waals surface area contributed by atoms with Crippen molar-refractivity contribution in [2.75, 3.05) is 6.54 Å². The summed E-state index contributed by atoms with van der Waals surface area (Å²) in [6.07, 6.45) is 1.38. The third kappa shape index (κ3) is 3.00. The van der Waals surface area contributed by atoms with Crippen LogP contribution in [-0.2, 0) is 11.2 Å². The smallest absolute Gasteiger partial charge is 0.224 e. The van der Waals surface area contributed by atoms with Gasteiger partial charge in [0.1, 0.15) is 5.82 Å². The van der Waals surface area contributed by atoms with Gasteiger partial charge < -0.3 is 9.88 Å². The van der Waals surface area contributed by atoms with Crippen molar-refractivity contribution in [2.24, 2.45) is 0 Å². The molecular weight excluding hydrogens is 250 g/mol. The maximum atomic E-state index is 11.8. The zero-order chi connectivity index (χ0) is 14.7. The van der Waals surface area contributed by atoms with Gasteiger partial charge in [-0.25, -0.2) is 4.98 Å². The van der Waals surface area contributed by atoms with E-state index in [0.29, 0.717) is 12.5 Å². The minimum absolute atomic E-state index is 0.0752. The van der Waals surface area contributed by atoms with E-state index < -0.39 is 0 Å². The van der Waals surface area contributed by atoms with E-state index in [-0.39, 0.29) is 5.91 Å². The number of hydrogen-bond acceptors (Lipinski definition) is 2. The number of benzene rings is 1. The van der Waals surface area contributed by atoms with Crippen molar-refractivity contribution in [3.63, 3.8) is 0 Å². The van der Waals surface area contributed by atoms with Gasteiger partial charge in [0, 0.05) is 12.6 Å². The molecular formula is C16H23N3O. The molecule has 0 saturated heterocycles. The molecule has 0 spiro atoms. The van der Waals surface area contributed by atoms with Crippen molar-refractivity contribution >= 4 is 16.9 Å². The topological polar surface area (TPSA) is 46.9 Å². The highest BCUT2D eigenvalue weighted by Crippen LogP contribution is 2.21. The third-order valence-electron chi connectivity index (χ3n) is 3.38. The number of hydrogen-bond donors (Lipinski definition) is 1. The van der Waals surface area contributed by atoms with Crippen LogP contribution in [0.25, 0.3) is 11.0 Å². The number of nitrogens with zero attached hydrogens (tertiary/aromatic N) is 2. The van der Waals surface area contributed by atoms with Gasteiger partial charge in [0.05, 0.1) is 17.5 Å². The van der Waals surface area contributed by atoms with Crippen LogP contribution in [0.5, 0.6) is 0 Å². The van der Waals surface area contributed by atoms with Gasteiger partial charge in [-0.2, -0.15) is 0 Å². The first-order chi connectivity index (χ1) is 9.52. The molecule has 0 aliphatic heterocycles. The van der Waals surface area contributed by atoms with E-state index in [4.69, 9.17) is 0 Å².